The van der Waals surface area contributed by atoms with Crippen LogP contribution in [-0.4, -0.2) is 0 Å². The molecule has 2 nitrogen and oxygen atoms in total. The highest BCUT2D eigenvalue weighted by Crippen LogP contribution is 2.49. The first-order chi connectivity index (χ1) is 19.9. The second kappa shape index (κ2) is 9.90. The molecule has 202 valence electrons. The van der Waals surface area contributed by atoms with E-state index in [4.69, 9.17) is 0 Å². The molecule has 2 aliphatic rings. The lowest BCUT2D eigenvalue weighted by Gasteiger charge is -2.33. The van der Waals surface area contributed by atoms with Gasteiger partial charge in [0.15, 0.2) is 0 Å². The summed E-state index contributed by atoms with van der Waals surface area (Å²) < 4.78 is 0. The molecule has 0 bridgehead atoms. The largest absolute Gasteiger partial charge is 0.366 e. The molecule has 1 aliphatic heterocycles. The van der Waals surface area contributed by atoms with E-state index in [1.54, 1.807) is 0 Å². The van der Waals surface area contributed by atoms with Gasteiger partial charge < -0.3 is 5.32 Å². The summed E-state index contributed by atoms with van der Waals surface area (Å²) in [5, 5.41) is 7.62. The SMILES string of the molecule is Cc1cccc(C2C=C(c3ccc(-c4ccc5c(c4)C(C)(C)c4ccccc4-5)cc3)NC(c3cccc(C)c3)N2)c1. The van der Waals surface area contributed by atoms with Crippen LogP contribution in [0.5, 0.6) is 0 Å². The van der Waals surface area contributed by atoms with Crippen LogP contribution in [0.4, 0.5) is 0 Å². The highest BCUT2D eigenvalue weighted by Gasteiger charge is 2.35. The third-order valence-corrected chi connectivity index (χ3v) is 8.87. The van der Waals surface area contributed by atoms with Crippen LogP contribution in [0.25, 0.3) is 28.0 Å². The minimum Gasteiger partial charge on any atom is -0.366 e. The Kier molecular flexibility index (Phi) is 6.17. The predicted octanol–water partition coefficient (Wildman–Crippen LogP) is 9.25. The van der Waals surface area contributed by atoms with E-state index in [1.807, 2.05) is 0 Å². The highest BCUT2D eigenvalue weighted by atomic mass is 15.2. The Labute approximate surface area is 243 Å². The maximum atomic E-state index is 3.83. The van der Waals surface area contributed by atoms with Crippen LogP contribution in [-0.2, 0) is 5.41 Å². The van der Waals surface area contributed by atoms with Crippen molar-refractivity contribution < 1.29 is 0 Å². The monoisotopic (exact) mass is 532 g/mol. The summed E-state index contributed by atoms with van der Waals surface area (Å²) in [6.07, 6.45) is 2.34. The van der Waals surface area contributed by atoms with Gasteiger partial charge in [-0.15, -0.1) is 0 Å². The van der Waals surface area contributed by atoms with E-state index in [9.17, 15) is 0 Å². The lowest BCUT2D eigenvalue weighted by Crippen LogP contribution is -2.39. The molecule has 0 aromatic heterocycles. The summed E-state index contributed by atoms with van der Waals surface area (Å²) in [6.45, 7) is 8.99. The quantitative estimate of drug-likeness (QED) is 0.241. The Morgan fingerprint density at radius 2 is 1.20 bits per heavy atom. The molecule has 0 fully saturated rings. The Morgan fingerprint density at radius 3 is 1.95 bits per heavy atom. The van der Waals surface area contributed by atoms with Gasteiger partial charge in [0.1, 0.15) is 6.17 Å². The fraction of sp³-hybridized carbons (Fsp3) is 0.179. The first-order valence-electron chi connectivity index (χ1n) is 14.6. The molecule has 7 rings (SSSR count). The van der Waals surface area contributed by atoms with Crippen molar-refractivity contribution >= 4 is 5.70 Å². The summed E-state index contributed by atoms with van der Waals surface area (Å²) in [7, 11) is 0. The first kappa shape index (κ1) is 25.6. The Morgan fingerprint density at radius 1 is 0.561 bits per heavy atom. The standard InChI is InChI=1S/C39H36N2/c1-25-9-7-11-30(21-25)37-24-36(40-38(41-37)31-12-8-10-26(2)22-31)28-17-15-27(16-18-28)29-19-20-33-32-13-5-6-14-34(32)39(3,4)35(33)23-29/h5-24,37-38,40-41H,1-4H3. The molecule has 0 saturated carbocycles. The number of fused-ring (bicyclic) bond motifs is 3. The number of aryl methyl sites for hydroxylation is 2. The molecule has 2 unspecified atom stereocenters. The molecule has 2 atom stereocenters. The van der Waals surface area contributed by atoms with E-state index < -0.39 is 0 Å². The maximum Gasteiger partial charge on any atom is 0.104 e. The van der Waals surface area contributed by atoms with Crippen molar-refractivity contribution in [3.63, 3.8) is 0 Å². The fourth-order valence-corrected chi connectivity index (χ4v) is 6.63. The molecule has 2 N–H and O–H groups in total. The first-order valence-corrected chi connectivity index (χ1v) is 14.6. The third-order valence-electron chi connectivity index (χ3n) is 8.87. The highest BCUT2D eigenvalue weighted by molar-refractivity contribution is 5.83. The Hall–Kier alpha value is -4.40. The van der Waals surface area contributed by atoms with Crippen LogP contribution in [0.1, 0.15) is 65.0 Å². The van der Waals surface area contributed by atoms with Crippen LogP contribution in [0.2, 0.25) is 0 Å². The minimum atomic E-state index is 0.00131. The third kappa shape index (κ3) is 4.59. The normalized spacial score (nSPS) is 18.7. The molecule has 0 spiro atoms. The molecule has 5 aromatic carbocycles. The molecule has 1 heterocycles. The summed E-state index contributed by atoms with van der Waals surface area (Å²) >= 11 is 0. The van der Waals surface area contributed by atoms with Gasteiger partial charge in [0.2, 0.25) is 0 Å². The van der Waals surface area contributed by atoms with E-state index in [0.717, 1.165) is 5.70 Å². The maximum absolute atomic E-state index is 3.83. The Balaban J connectivity index is 1.22. The van der Waals surface area contributed by atoms with Gasteiger partial charge in [-0.05, 0) is 76.1 Å². The van der Waals surface area contributed by atoms with Gasteiger partial charge in [0, 0.05) is 11.1 Å². The van der Waals surface area contributed by atoms with Crippen molar-refractivity contribution in [3.05, 3.63) is 160 Å². The van der Waals surface area contributed by atoms with Crippen LogP contribution < -0.4 is 10.6 Å². The van der Waals surface area contributed by atoms with E-state index in [1.165, 1.54) is 61.2 Å². The van der Waals surface area contributed by atoms with E-state index in [-0.39, 0.29) is 17.6 Å². The second-order valence-electron chi connectivity index (χ2n) is 12.1. The topological polar surface area (TPSA) is 24.1 Å². The number of hydrogen-bond acceptors (Lipinski definition) is 2. The molecular formula is C39H36N2. The van der Waals surface area contributed by atoms with Gasteiger partial charge in [-0.25, -0.2) is 0 Å². The van der Waals surface area contributed by atoms with Gasteiger partial charge in [-0.2, -0.15) is 0 Å². The lowest BCUT2D eigenvalue weighted by molar-refractivity contribution is 0.442. The zero-order valence-electron chi connectivity index (χ0n) is 24.2. The van der Waals surface area contributed by atoms with Crippen LogP contribution >= 0.6 is 0 Å². The van der Waals surface area contributed by atoms with Crippen molar-refractivity contribution in [1.82, 2.24) is 10.6 Å². The summed E-state index contributed by atoms with van der Waals surface area (Å²) in [5.41, 5.74) is 15.5. The summed E-state index contributed by atoms with van der Waals surface area (Å²) in [6, 6.07) is 42.5. The van der Waals surface area contributed by atoms with E-state index >= 15 is 0 Å². The van der Waals surface area contributed by atoms with Gasteiger partial charge in [0.05, 0.1) is 6.04 Å². The molecule has 41 heavy (non-hydrogen) atoms. The van der Waals surface area contributed by atoms with Crippen molar-refractivity contribution in [2.24, 2.45) is 0 Å². The molecule has 2 heteroatoms. The molecule has 5 aromatic rings. The number of rotatable bonds is 4. The average molecular weight is 533 g/mol. The minimum absolute atomic E-state index is 0.00131. The lowest BCUT2D eigenvalue weighted by atomic mass is 9.81. The van der Waals surface area contributed by atoms with Crippen LogP contribution in [0.3, 0.4) is 0 Å². The average Bonchev–Trinajstić information content (AvgIpc) is 3.23. The van der Waals surface area contributed by atoms with Gasteiger partial charge >= 0.3 is 0 Å². The van der Waals surface area contributed by atoms with Gasteiger partial charge in [-0.1, -0.05) is 134 Å². The summed E-state index contributed by atoms with van der Waals surface area (Å²) in [5.74, 6) is 0. The molecule has 1 aliphatic carbocycles. The van der Waals surface area contributed by atoms with Gasteiger partial charge in [0.25, 0.3) is 0 Å². The van der Waals surface area contributed by atoms with Crippen molar-refractivity contribution in [2.75, 3.05) is 0 Å². The number of nitrogens with one attached hydrogen (secondary N) is 2. The molecule has 0 saturated heterocycles. The van der Waals surface area contributed by atoms with E-state index in [2.05, 4.69) is 160 Å². The molecular weight excluding hydrogens is 496 g/mol. The van der Waals surface area contributed by atoms with Crippen molar-refractivity contribution in [1.29, 1.82) is 0 Å². The van der Waals surface area contributed by atoms with Gasteiger partial charge in [-0.3, -0.25) is 5.32 Å². The number of benzene rings is 5. The predicted molar refractivity (Wildman–Crippen MR) is 172 cm³/mol. The van der Waals surface area contributed by atoms with Crippen LogP contribution in [0, 0.1) is 13.8 Å². The smallest absolute Gasteiger partial charge is 0.104 e. The van der Waals surface area contributed by atoms with Crippen molar-refractivity contribution in [3.8, 4) is 22.3 Å². The zero-order chi connectivity index (χ0) is 28.1. The molecule has 0 amide bonds. The van der Waals surface area contributed by atoms with E-state index in [0.29, 0.717) is 0 Å². The zero-order valence-corrected chi connectivity index (χ0v) is 24.2. The molecule has 0 radical (unpaired) electrons. The summed E-state index contributed by atoms with van der Waals surface area (Å²) in [4.78, 5) is 0. The fourth-order valence-electron chi connectivity index (χ4n) is 6.63. The second-order valence-corrected chi connectivity index (χ2v) is 12.1. The number of hydrogen-bond donors (Lipinski definition) is 2. The van der Waals surface area contributed by atoms with Crippen molar-refractivity contribution in [2.45, 2.75) is 45.3 Å². The van der Waals surface area contributed by atoms with Crippen LogP contribution in [0.15, 0.2) is 121 Å². The Bertz CT molecular complexity index is 1790.